The van der Waals surface area contributed by atoms with Gasteiger partial charge in [0.1, 0.15) is 6.04 Å². The first-order chi connectivity index (χ1) is 12.1. The average molecular weight is 353 g/mol. The van der Waals surface area contributed by atoms with E-state index in [1.807, 2.05) is 38.4 Å². The Morgan fingerprint density at radius 1 is 1.04 bits per heavy atom. The fourth-order valence-electron chi connectivity index (χ4n) is 2.86. The summed E-state index contributed by atoms with van der Waals surface area (Å²) in [5, 5.41) is 16.0. The standard InChI is InChI=1S/C18H17ClN6/c1-24(2)15-9-5-13(6-10-15)17-11-16(12-3-7-14(19)8-4-12)20-18-21-22-23-25(17)18/h3-11,17H,1-2H3,(H,20,21,23). The van der Waals surface area contributed by atoms with Crippen molar-refractivity contribution in [3.05, 3.63) is 70.8 Å². The monoisotopic (exact) mass is 352 g/mol. The lowest BCUT2D eigenvalue weighted by Gasteiger charge is -2.24. The largest absolute Gasteiger partial charge is 0.378 e. The van der Waals surface area contributed by atoms with Gasteiger partial charge in [0.15, 0.2) is 0 Å². The van der Waals surface area contributed by atoms with Crippen LogP contribution < -0.4 is 10.2 Å². The molecule has 2 heterocycles. The van der Waals surface area contributed by atoms with Gasteiger partial charge in [0.05, 0.1) is 0 Å². The number of fused-ring (bicyclic) bond motifs is 1. The number of halogens is 1. The summed E-state index contributed by atoms with van der Waals surface area (Å²) in [6.45, 7) is 0. The molecule has 25 heavy (non-hydrogen) atoms. The van der Waals surface area contributed by atoms with Crippen LogP contribution in [0.2, 0.25) is 5.02 Å². The number of rotatable bonds is 3. The summed E-state index contributed by atoms with van der Waals surface area (Å²) in [4.78, 5) is 2.07. The van der Waals surface area contributed by atoms with Gasteiger partial charge in [-0.1, -0.05) is 41.0 Å². The number of hydrogen-bond acceptors (Lipinski definition) is 5. The van der Waals surface area contributed by atoms with Crippen molar-refractivity contribution in [2.75, 3.05) is 24.3 Å². The average Bonchev–Trinajstić information content (AvgIpc) is 3.10. The summed E-state index contributed by atoms with van der Waals surface area (Å²) >= 11 is 6.00. The number of benzene rings is 2. The molecule has 0 aliphatic carbocycles. The molecule has 1 unspecified atom stereocenters. The molecule has 1 N–H and O–H groups in total. The Labute approximate surface area is 150 Å². The van der Waals surface area contributed by atoms with E-state index in [-0.39, 0.29) is 6.04 Å². The SMILES string of the molecule is CN(C)c1ccc(C2C=C(c3ccc(Cl)cc3)Nc3nnnn32)cc1. The van der Waals surface area contributed by atoms with Gasteiger partial charge in [-0.2, -0.15) is 4.68 Å². The lowest BCUT2D eigenvalue weighted by Crippen LogP contribution is -2.20. The van der Waals surface area contributed by atoms with Gasteiger partial charge in [-0.3, -0.25) is 0 Å². The lowest BCUT2D eigenvalue weighted by atomic mass is 10.0. The molecule has 3 aromatic rings. The minimum Gasteiger partial charge on any atom is -0.378 e. The van der Waals surface area contributed by atoms with Gasteiger partial charge in [-0.05, 0) is 51.9 Å². The molecule has 0 radical (unpaired) electrons. The highest BCUT2D eigenvalue weighted by molar-refractivity contribution is 6.30. The molecule has 0 spiro atoms. The molecule has 1 aliphatic heterocycles. The van der Waals surface area contributed by atoms with E-state index in [1.165, 1.54) is 0 Å². The van der Waals surface area contributed by atoms with Crippen molar-refractivity contribution in [2.45, 2.75) is 6.04 Å². The van der Waals surface area contributed by atoms with Gasteiger partial charge < -0.3 is 10.2 Å². The van der Waals surface area contributed by atoms with Crippen molar-refractivity contribution in [2.24, 2.45) is 0 Å². The Morgan fingerprint density at radius 2 is 1.76 bits per heavy atom. The molecule has 7 heteroatoms. The van der Waals surface area contributed by atoms with Crippen molar-refractivity contribution >= 4 is 28.9 Å². The van der Waals surface area contributed by atoms with Crippen LogP contribution >= 0.6 is 11.6 Å². The molecule has 1 aromatic heterocycles. The van der Waals surface area contributed by atoms with Crippen molar-refractivity contribution in [1.82, 2.24) is 20.2 Å². The van der Waals surface area contributed by atoms with E-state index >= 15 is 0 Å². The molecular weight excluding hydrogens is 336 g/mol. The summed E-state index contributed by atoms with van der Waals surface area (Å²) in [7, 11) is 4.05. The fraction of sp³-hybridized carbons (Fsp3) is 0.167. The highest BCUT2D eigenvalue weighted by Gasteiger charge is 2.24. The van der Waals surface area contributed by atoms with Crippen LogP contribution in [0.25, 0.3) is 5.70 Å². The summed E-state index contributed by atoms with van der Waals surface area (Å²) < 4.78 is 1.78. The van der Waals surface area contributed by atoms with Crippen LogP contribution in [-0.4, -0.2) is 34.3 Å². The number of anilines is 2. The minimum absolute atomic E-state index is 0.0758. The zero-order valence-corrected chi connectivity index (χ0v) is 14.6. The third-order valence-corrected chi connectivity index (χ3v) is 4.49. The zero-order valence-electron chi connectivity index (χ0n) is 13.9. The summed E-state index contributed by atoms with van der Waals surface area (Å²) in [6.07, 6.45) is 2.12. The topological polar surface area (TPSA) is 58.9 Å². The molecule has 0 saturated carbocycles. The fourth-order valence-corrected chi connectivity index (χ4v) is 2.98. The Morgan fingerprint density at radius 3 is 2.44 bits per heavy atom. The van der Waals surface area contributed by atoms with Crippen LogP contribution in [-0.2, 0) is 0 Å². The van der Waals surface area contributed by atoms with Gasteiger partial charge in [-0.15, -0.1) is 0 Å². The first kappa shape index (κ1) is 15.7. The molecule has 1 atom stereocenters. The van der Waals surface area contributed by atoms with E-state index in [9.17, 15) is 0 Å². The minimum atomic E-state index is -0.0758. The summed E-state index contributed by atoms with van der Waals surface area (Å²) in [5.74, 6) is 0.620. The normalized spacial score (nSPS) is 16.0. The number of nitrogens with zero attached hydrogens (tertiary/aromatic N) is 5. The second-order valence-electron chi connectivity index (χ2n) is 6.09. The van der Waals surface area contributed by atoms with Crippen molar-refractivity contribution in [1.29, 1.82) is 0 Å². The van der Waals surface area contributed by atoms with Gasteiger partial charge >= 0.3 is 0 Å². The second kappa shape index (κ2) is 6.22. The van der Waals surface area contributed by atoms with Gasteiger partial charge in [-0.25, -0.2) is 0 Å². The smallest absolute Gasteiger partial charge is 0.248 e. The van der Waals surface area contributed by atoms with Crippen LogP contribution in [0.4, 0.5) is 11.6 Å². The molecule has 126 valence electrons. The Balaban J connectivity index is 1.75. The van der Waals surface area contributed by atoms with Crippen molar-refractivity contribution in [3.8, 4) is 0 Å². The van der Waals surface area contributed by atoms with E-state index < -0.39 is 0 Å². The molecule has 0 fully saturated rings. The van der Waals surface area contributed by atoms with Crippen molar-refractivity contribution < 1.29 is 0 Å². The van der Waals surface area contributed by atoms with Crippen LogP contribution in [0, 0.1) is 0 Å². The molecule has 1 aliphatic rings. The maximum Gasteiger partial charge on any atom is 0.248 e. The predicted octanol–water partition coefficient (Wildman–Crippen LogP) is 3.45. The van der Waals surface area contributed by atoms with Crippen LogP contribution in [0.5, 0.6) is 0 Å². The second-order valence-corrected chi connectivity index (χ2v) is 6.53. The van der Waals surface area contributed by atoms with Crippen LogP contribution in [0.1, 0.15) is 17.2 Å². The molecule has 0 amide bonds. The number of allylic oxidation sites excluding steroid dienone is 1. The Hall–Kier alpha value is -2.86. The van der Waals surface area contributed by atoms with E-state index in [0.717, 1.165) is 22.5 Å². The van der Waals surface area contributed by atoms with E-state index in [0.29, 0.717) is 11.0 Å². The third-order valence-electron chi connectivity index (χ3n) is 4.23. The first-order valence-corrected chi connectivity index (χ1v) is 8.29. The predicted molar refractivity (Wildman–Crippen MR) is 99.8 cm³/mol. The maximum atomic E-state index is 6.00. The lowest BCUT2D eigenvalue weighted by molar-refractivity contribution is 0.586. The van der Waals surface area contributed by atoms with E-state index in [4.69, 9.17) is 11.6 Å². The van der Waals surface area contributed by atoms with Crippen LogP contribution in [0.3, 0.4) is 0 Å². The highest BCUT2D eigenvalue weighted by Crippen LogP contribution is 2.32. The van der Waals surface area contributed by atoms with E-state index in [2.05, 4.69) is 56.1 Å². The molecule has 2 aromatic carbocycles. The summed E-state index contributed by atoms with van der Waals surface area (Å²) in [5.41, 5.74) is 4.26. The molecule has 4 rings (SSSR count). The highest BCUT2D eigenvalue weighted by atomic mass is 35.5. The molecular formula is C18H17ClN6. The van der Waals surface area contributed by atoms with E-state index in [1.54, 1.807) is 4.68 Å². The van der Waals surface area contributed by atoms with Crippen LogP contribution in [0.15, 0.2) is 54.6 Å². The van der Waals surface area contributed by atoms with Gasteiger partial charge in [0.25, 0.3) is 0 Å². The summed E-state index contributed by atoms with van der Waals surface area (Å²) in [6, 6.07) is 16.0. The molecule has 0 bridgehead atoms. The Kier molecular flexibility index (Phi) is 3.89. The zero-order chi connectivity index (χ0) is 17.4. The number of nitrogens with one attached hydrogen (secondary N) is 1. The molecule has 0 saturated heterocycles. The van der Waals surface area contributed by atoms with Gasteiger partial charge in [0.2, 0.25) is 5.95 Å². The number of hydrogen-bond donors (Lipinski definition) is 1. The van der Waals surface area contributed by atoms with Gasteiger partial charge in [0, 0.05) is 30.5 Å². The quantitative estimate of drug-likeness (QED) is 0.782. The van der Waals surface area contributed by atoms with Crippen molar-refractivity contribution in [3.63, 3.8) is 0 Å². The number of tetrazole rings is 1. The first-order valence-electron chi connectivity index (χ1n) is 7.92. The Bertz CT molecular complexity index is 911. The molecule has 6 nitrogen and oxygen atoms in total. The third kappa shape index (κ3) is 2.96. The maximum absolute atomic E-state index is 6.00. The number of aromatic nitrogens is 4.